The molecule has 1 aliphatic heterocycles. The molecule has 0 atom stereocenters. The van der Waals surface area contributed by atoms with Gasteiger partial charge in [-0.2, -0.15) is 0 Å². The number of rotatable bonds is 6. The third kappa shape index (κ3) is 4.59. The van der Waals surface area contributed by atoms with Crippen molar-refractivity contribution < 1.29 is 19.5 Å². The van der Waals surface area contributed by atoms with Crippen LogP contribution in [0.2, 0.25) is 0 Å². The summed E-state index contributed by atoms with van der Waals surface area (Å²) < 4.78 is 5.74. The molecule has 0 saturated carbocycles. The molecule has 2 N–H and O–H groups in total. The number of hydrogen-bond donors (Lipinski definition) is 2. The smallest absolute Gasteiger partial charge is 0.407 e. The van der Waals surface area contributed by atoms with Crippen molar-refractivity contribution in [1.82, 2.24) is 25.6 Å². The number of ether oxygens (including phenoxy) is 1. The van der Waals surface area contributed by atoms with Crippen LogP contribution in [0.4, 0.5) is 4.79 Å². The molecule has 1 aliphatic rings. The molecule has 26 heavy (non-hydrogen) atoms. The van der Waals surface area contributed by atoms with Crippen LogP contribution in [-0.2, 0) is 0 Å². The van der Waals surface area contributed by atoms with Crippen LogP contribution >= 0.6 is 0 Å². The van der Waals surface area contributed by atoms with E-state index in [1.165, 1.54) is 4.90 Å². The minimum atomic E-state index is -0.898. The largest absolute Gasteiger partial charge is 0.473 e. The van der Waals surface area contributed by atoms with Gasteiger partial charge in [-0.15, -0.1) is 10.2 Å². The van der Waals surface area contributed by atoms with E-state index in [0.717, 1.165) is 5.56 Å². The first kappa shape index (κ1) is 17.5. The van der Waals surface area contributed by atoms with E-state index in [2.05, 4.69) is 27.2 Å². The molecule has 0 unspecified atom stereocenters. The maximum Gasteiger partial charge on any atom is 0.407 e. The van der Waals surface area contributed by atoms with Crippen molar-refractivity contribution in [1.29, 1.82) is 0 Å². The number of piperidine rings is 1. The number of pyridine rings is 1. The van der Waals surface area contributed by atoms with Crippen molar-refractivity contribution >= 4 is 11.8 Å². The fourth-order valence-electron chi connectivity index (χ4n) is 2.47. The molecule has 9 nitrogen and oxygen atoms in total. The Morgan fingerprint density at radius 1 is 1.23 bits per heavy atom. The van der Waals surface area contributed by atoms with Gasteiger partial charge < -0.3 is 19.6 Å². The highest BCUT2D eigenvalue weighted by Crippen LogP contribution is 2.18. The van der Waals surface area contributed by atoms with Crippen molar-refractivity contribution in [2.75, 3.05) is 13.1 Å². The fraction of sp³-hybridized carbons (Fsp3) is 0.294. The summed E-state index contributed by atoms with van der Waals surface area (Å²) >= 11 is 0. The Labute approximate surface area is 150 Å². The van der Waals surface area contributed by atoms with E-state index >= 15 is 0 Å². The Morgan fingerprint density at radius 3 is 2.58 bits per heavy atom. The molecular formula is C17H19N5O4. The number of hydroxylamine groups is 1. The van der Waals surface area contributed by atoms with E-state index in [4.69, 9.17) is 14.7 Å². The summed E-state index contributed by atoms with van der Waals surface area (Å²) in [5.74, 6) is 0.639. The normalized spacial score (nSPS) is 14.5. The number of carbonyl (C=O) groups is 1. The minimum Gasteiger partial charge on any atom is -0.473 e. The molecule has 9 heteroatoms. The van der Waals surface area contributed by atoms with Crippen molar-refractivity contribution in [2.45, 2.75) is 18.9 Å². The lowest BCUT2D eigenvalue weighted by Crippen LogP contribution is -2.41. The lowest BCUT2D eigenvalue weighted by Gasteiger charge is -2.29. The third-order valence-corrected chi connectivity index (χ3v) is 3.90. The standard InChI is InChI=1S/C17H19N5O4/c1-12(13-3-2-8-18-11-13)21-26-16-5-4-15(19-20-16)25-14-6-9-22(10-7-14)17(23)24/h2-5,8,11,14,21H,1,6-7,9-10H2,(H,23,24). The van der Waals surface area contributed by atoms with E-state index in [1.807, 2.05) is 6.07 Å². The SMILES string of the molecule is C=C(NOc1ccc(OC2CCN(C(=O)O)CC2)nn1)c1cccnc1. The Kier molecular flexibility index (Phi) is 5.47. The second-order valence-corrected chi connectivity index (χ2v) is 5.72. The van der Waals surface area contributed by atoms with Crippen molar-refractivity contribution in [2.24, 2.45) is 0 Å². The molecule has 1 saturated heterocycles. The molecule has 3 heterocycles. The van der Waals surface area contributed by atoms with E-state index < -0.39 is 6.09 Å². The average molecular weight is 357 g/mol. The van der Waals surface area contributed by atoms with E-state index in [0.29, 0.717) is 37.5 Å². The molecule has 136 valence electrons. The maximum atomic E-state index is 10.9. The summed E-state index contributed by atoms with van der Waals surface area (Å²) in [6.07, 6.45) is 3.61. The molecule has 0 aliphatic carbocycles. The molecule has 0 bridgehead atoms. The number of aromatic nitrogens is 3. The van der Waals surface area contributed by atoms with Gasteiger partial charge in [0.1, 0.15) is 6.10 Å². The van der Waals surface area contributed by atoms with Crippen molar-refractivity contribution in [3.8, 4) is 11.8 Å². The van der Waals surface area contributed by atoms with Gasteiger partial charge in [0.2, 0.25) is 5.88 Å². The average Bonchev–Trinajstić information content (AvgIpc) is 2.68. The summed E-state index contributed by atoms with van der Waals surface area (Å²) in [6.45, 7) is 4.77. The summed E-state index contributed by atoms with van der Waals surface area (Å²) in [5.41, 5.74) is 4.04. The van der Waals surface area contributed by atoms with Crippen LogP contribution < -0.4 is 15.1 Å². The van der Waals surface area contributed by atoms with Gasteiger partial charge in [0.15, 0.2) is 0 Å². The second-order valence-electron chi connectivity index (χ2n) is 5.72. The van der Waals surface area contributed by atoms with Gasteiger partial charge in [0.05, 0.1) is 5.70 Å². The highest BCUT2D eigenvalue weighted by Gasteiger charge is 2.23. The Bertz CT molecular complexity index is 746. The van der Waals surface area contributed by atoms with Gasteiger partial charge in [0, 0.05) is 56.0 Å². The predicted octanol–water partition coefficient (Wildman–Crippen LogP) is 1.95. The molecule has 1 amide bonds. The van der Waals surface area contributed by atoms with Gasteiger partial charge in [-0.25, -0.2) is 10.3 Å². The second kappa shape index (κ2) is 8.15. The Hall–Kier alpha value is -3.36. The van der Waals surface area contributed by atoms with Crippen molar-refractivity contribution in [3.63, 3.8) is 0 Å². The zero-order valence-electron chi connectivity index (χ0n) is 14.0. The molecule has 2 aromatic rings. The first-order valence-electron chi connectivity index (χ1n) is 8.12. The summed E-state index contributed by atoms with van der Waals surface area (Å²) in [5, 5.41) is 16.8. The van der Waals surface area contributed by atoms with Crippen LogP contribution in [-0.4, -0.2) is 50.5 Å². The van der Waals surface area contributed by atoms with Gasteiger partial charge in [-0.1, -0.05) is 6.58 Å². The molecule has 1 fully saturated rings. The summed E-state index contributed by atoms with van der Waals surface area (Å²) in [6, 6.07) is 6.93. The lowest BCUT2D eigenvalue weighted by atomic mass is 10.1. The number of likely N-dealkylation sites (tertiary alicyclic amines) is 1. The van der Waals surface area contributed by atoms with Gasteiger partial charge in [-0.3, -0.25) is 4.98 Å². The number of carboxylic acid groups (broad SMARTS) is 1. The first-order valence-corrected chi connectivity index (χ1v) is 8.12. The number of hydrogen-bond acceptors (Lipinski definition) is 7. The topological polar surface area (TPSA) is 110 Å². The van der Waals surface area contributed by atoms with E-state index in [1.54, 1.807) is 30.6 Å². The molecule has 0 spiro atoms. The summed E-state index contributed by atoms with van der Waals surface area (Å²) in [4.78, 5) is 21.6. The molecular weight excluding hydrogens is 338 g/mol. The highest BCUT2D eigenvalue weighted by atomic mass is 16.7. The molecule has 2 aromatic heterocycles. The maximum absolute atomic E-state index is 10.9. The lowest BCUT2D eigenvalue weighted by molar-refractivity contribution is 0.0862. The van der Waals surface area contributed by atoms with Crippen LogP contribution in [0.25, 0.3) is 5.70 Å². The number of nitrogens with one attached hydrogen (secondary N) is 1. The Balaban J connectivity index is 1.46. The monoisotopic (exact) mass is 357 g/mol. The van der Waals surface area contributed by atoms with Gasteiger partial charge in [0.25, 0.3) is 5.88 Å². The third-order valence-electron chi connectivity index (χ3n) is 3.90. The van der Waals surface area contributed by atoms with Gasteiger partial charge >= 0.3 is 6.09 Å². The number of amides is 1. The highest BCUT2D eigenvalue weighted by molar-refractivity contribution is 5.65. The zero-order chi connectivity index (χ0) is 18.4. The van der Waals surface area contributed by atoms with Crippen LogP contribution in [0.15, 0.2) is 43.2 Å². The molecule has 0 radical (unpaired) electrons. The number of nitrogens with zero attached hydrogens (tertiary/aromatic N) is 4. The quantitative estimate of drug-likeness (QED) is 0.755. The van der Waals surface area contributed by atoms with Crippen LogP contribution in [0.1, 0.15) is 18.4 Å². The van der Waals surface area contributed by atoms with E-state index in [9.17, 15) is 4.79 Å². The molecule has 0 aromatic carbocycles. The predicted molar refractivity (Wildman–Crippen MR) is 92.3 cm³/mol. The zero-order valence-corrected chi connectivity index (χ0v) is 14.0. The van der Waals surface area contributed by atoms with Crippen LogP contribution in [0.5, 0.6) is 11.8 Å². The summed E-state index contributed by atoms with van der Waals surface area (Å²) in [7, 11) is 0. The van der Waals surface area contributed by atoms with E-state index in [-0.39, 0.29) is 12.0 Å². The first-order chi connectivity index (χ1) is 12.6. The molecule has 3 rings (SSSR count). The van der Waals surface area contributed by atoms with Gasteiger partial charge in [-0.05, 0) is 12.1 Å². The Morgan fingerprint density at radius 2 is 1.96 bits per heavy atom. The van der Waals surface area contributed by atoms with Crippen molar-refractivity contribution in [3.05, 3.63) is 48.8 Å². The van der Waals surface area contributed by atoms with Crippen LogP contribution in [0.3, 0.4) is 0 Å². The van der Waals surface area contributed by atoms with Crippen LogP contribution in [0, 0.1) is 0 Å². The fourth-order valence-corrected chi connectivity index (χ4v) is 2.47. The minimum absolute atomic E-state index is 0.0739.